The van der Waals surface area contributed by atoms with Crippen molar-refractivity contribution in [3.8, 4) is 11.6 Å². The van der Waals surface area contributed by atoms with Gasteiger partial charge in [0.15, 0.2) is 5.82 Å². The second-order valence-electron chi connectivity index (χ2n) is 5.22. The minimum atomic E-state index is -0.892. The maximum absolute atomic E-state index is 13.7. The van der Waals surface area contributed by atoms with Crippen LogP contribution in [0, 0.1) is 18.6 Å². The van der Waals surface area contributed by atoms with Gasteiger partial charge in [-0.2, -0.15) is 4.37 Å². The number of aromatic nitrogens is 5. The van der Waals surface area contributed by atoms with Gasteiger partial charge in [0, 0.05) is 23.0 Å². The predicted molar refractivity (Wildman–Crippen MR) is 91.7 cm³/mol. The summed E-state index contributed by atoms with van der Waals surface area (Å²) in [4.78, 5) is 16.2. The highest BCUT2D eigenvalue weighted by molar-refractivity contribution is 7.09. The molecule has 0 atom stereocenters. The minimum absolute atomic E-state index is 0.307. The van der Waals surface area contributed by atoms with Crippen LogP contribution < -0.4 is 10.1 Å². The van der Waals surface area contributed by atoms with Crippen LogP contribution in [-0.4, -0.2) is 24.3 Å². The van der Waals surface area contributed by atoms with Crippen molar-refractivity contribution in [3.63, 3.8) is 0 Å². The topological polar surface area (TPSA) is 85.7 Å². The number of rotatable bonds is 4. The highest BCUT2D eigenvalue weighted by Gasteiger charge is 2.11. The van der Waals surface area contributed by atoms with Crippen LogP contribution in [0.5, 0.6) is 11.6 Å². The Balaban J connectivity index is 1.70. The van der Waals surface area contributed by atoms with E-state index in [-0.39, 0.29) is 5.88 Å². The van der Waals surface area contributed by atoms with Crippen LogP contribution in [0.15, 0.2) is 36.8 Å². The van der Waals surface area contributed by atoms with Gasteiger partial charge in [0.1, 0.15) is 29.5 Å². The molecular formula is C16H10F2N6OS. The Morgan fingerprint density at radius 2 is 2.00 bits per heavy atom. The lowest BCUT2D eigenvalue weighted by atomic mass is 10.2. The first kappa shape index (κ1) is 16.2. The number of hydrogen-bond acceptors (Lipinski definition) is 8. The van der Waals surface area contributed by atoms with E-state index in [0.717, 1.165) is 6.20 Å². The van der Waals surface area contributed by atoms with Crippen LogP contribution in [0.4, 0.5) is 19.7 Å². The fourth-order valence-electron chi connectivity index (χ4n) is 2.24. The lowest BCUT2D eigenvalue weighted by Gasteiger charge is -2.09. The molecule has 1 N–H and O–H groups in total. The first-order valence-corrected chi connectivity index (χ1v) is 8.17. The van der Waals surface area contributed by atoms with Gasteiger partial charge < -0.3 is 10.1 Å². The molecule has 130 valence electrons. The van der Waals surface area contributed by atoms with E-state index in [1.807, 2.05) is 0 Å². The van der Waals surface area contributed by atoms with Gasteiger partial charge in [-0.3, -0.25) is 0 Å². The maximum Gasteiger partial charge on any atom is 0.256 e. The van der Waals surface area contributed by atoms with Crippen LogP contribution in [0.1, 0.15) is 5.82 Å². The molecule has 1 aromatic carbocycles. The van der Waals surface area contributed by atoms with Gasteiger partial charge in [-0.1, -0.05) is 0 Å². The summed E-state index contributed by atoms with van der Waals surface area (Å²) in [5.41, 5.74) is 0.656. The molecule has 0 amide bonds. The van der Waals surface area contributed by atoms with Gasteiger partial charge in [-0.25, -0.2) is 28.7 Å². The third-order valence-electron chi connectivity index (χ3n) is 3.35. The van der Waals surface area contributed by atoms with Gasteiger partial charge >= 0.3 is 0 Å². The Morgan fingerprint density at radius 3 is 2.77 bits per heavy atom. The summed E-state index contributed by atoms with van der Waals surface area (Å²) in [7, 11) is 0. The fourth-order valence-corrected chi connectivity index (χ4v) is 2.81. The van der Waals surface area contributed by atoms with Crippen molar-refractivity contribution in [2.45, 2.75) is 6.92 Å². The SMILES string of the molecule is Cc1nsc(Nc2ncnc3ccc(Oc4ncc(F)cc4F)cc23)n1. The van der Waals surface area contributed by atoms with Crippen LogP contribution in [-0.2, 0) is 0 Å². The third kappa shape index (κ3) is 3.26. The molecule has 0 fully saturated rings. The number of fused-ring (bicyclic) bond motifs is 1. The minimum Gasteiger partial charge on any atom is -0.436 e. The van der Waals surface area contributed by atoms with Crippen LogP contribution in [0.3, 0.4) is 0 Å². The number of nitrogens with zero attached hydrogens (tertiary/aromatic N) is 5. The average Bonchev–Trinajstić information content (AvgIpc) is 3.03. The number of anilines is 2. The molecule has 0 saturated carbocycles. The highest BCUT2D eigenvalue weighted by Crippen LogP contribution is 2.29. The molecule has 10 heteroatoms. The van der Waals surface area contributed by atoms with Gasteiger partial charge in [0.25, 0.3) is 5.88 Å². The van der Waals surface area contributed by atoms with Crippen molar-refractivity contribution < 1.29 is 13.5 Å². The second-order valence-corrected chi connectivity index (χ2v) is 5.97. The first-order valence-electron chi connectivity index (χ1n) is 7.39. The van der Waals surface area contributed by atoms with E-state index in [4.69, 9.17) is 4.74 Å². The zero-order valence-corrected chi connectivity index (χ0v) is 14.1. The lowest BCUT2D eigenvalue weighted by Crippen LogP contribution is -1.97. The standard InChI is InChI=1S/C16H10F2N6OS/c1-8-22-16(26-24-8)23-14-11-5-10(2-3-13(11)20-7-21-14)25-15-12(18)4-9(17)6-19-15/h2-7H,1H3,(H,20,21,22,23,24). The van der Waals surface area contributed by atoms with Crippen molar-refractivity contribution in [2.24, 2.45) is 0 Å². The molecule has 0 aliphatic carbocycles. The van der Waals surface area contributed by atoms with Crippen LogP contribution >= 0.6 is 11.5 Å². The molecule has 4 aromatic rings. The zero-order valence-electron chi connectivity index (χ0n) is 13.3. The predicted octanol–water partition coefficient (Wildman–Crippen LogP) is 4.00. The summed E-state index contributed by atoms with van der Waals surface area (Å²) >= 11 is 1.20. The second kappa shape index (κ2) is 6.56. The van der Waals surface area contributed by atoms with E-state index in [1.165, 1.54) is 17.9 Å². The molecule has 0 saturated heterocycles. The maximum atomic E-state index is 13.7. The Bertz CT molecular complexity index is 1100. The van der Waals surface area contributed by atoms with Gasteiger partial charge in [-0.05, 0) is 25.1 Å². The quantitative estimate of drug-likeness (QED) is 0.579. The zero-order chi connectivity index (χ0) is 18.1. The van der Waals surface area contributed by atoms with Crippen molar-refractivity contribution in [1.29, 1.82) is 0 Å². The van der Waals surface area contributed by atoms with E-state index >= 15 is 0 Å². The van der Waals surface area contributed by atoms with E-state index < -0.39 is 11.6 Å². The molecule has 0 unspecified atom stereocenters. The number of hydrogen-bond donors (Lipinski definition) is 1. The van der Waals surface area contributed by atoms with E-state index in [2.05, 4.69) is 29.6 Å². The summed E-state index contributed by atoms with van der Waals surface area (Å²) in [5, 5.41) is 4.30. The van der Waals surface area contributed by atoms with Crippen molar-refractivity contribution in [3.05, 3.63) is 54.2 Å². The number of halogens is 2. The van der Waals surface area contributed by atoms with Crippen molar-refractivity contribution in [1.82, 2.24) is 24.3 Å². The van der Waals surface area contributed by atoms with E-state index in [9.17, 15) is 8.78 Å². The number of pyridine rings is 1. The molecule has 0 radical (unpaired) electrons. The molecule has 0 aliphatic rings. The number of aryl methyl sites for hydroxylation is 1. The highest BCUT2D eigenvalue weighted by atomic mass is 32.1. The first-order chi connectivity index (χ1) is 12.6. The molecule has 7 nitrogen and oxygen atoms in total. The van der Waals surface area contributed by atoms with Gasteiger partial charge in [-0.15, -0.1) is 0 Å². The van der Waals surface area contributed by atoms with E-state index in [0.29, 0.717) is 39.5 Å². The average molecular weight is 372 g/mol. The summed E-state index contributed by atoms with van der Waals surface area (Å²) in [6.07, 6.45) is 2.30. The van der Waals surface area contributed by atoms with E-state index in [1.54, 1.807) is 25.1 Å². The molecule has 4 rings (SSSR count). The van der Waals surface area contributed by atoms with Crippen LogP contribution in [0.2, 0.25) is 0 Å². The molecule has 3 heterocycles. The Labute approximate surface area is 149 Å². The summed E-state index contributed by atoms with van der Waals surface area (Å²) in [5.74, 6) is -0.529. The lowest BCUT2D eigenvalue weighted by molar-refractivity contribution is 0.417. The third-order valence-corrected chi connectivity index (χ3v) is 4.07. The molecule has 3 aromatic heterocycles. The molecule has 26 heavy (non-hydrogen) atoms. The smallest absolute Gasteiger partial charge is 0.256 e. The molecular weight excluding hydrogens is 362 g/mol. The van der Waals surface area contributed by atoms with Crippen LogP contribution in [0.25, 0.3) is 10.9 Å². The molecule has 0 spiro atoms. The molecule has 0 bridgehead atoms. The largest absolute Gasteiger partial charge is 0.436 e. The van der Waals surface area contributed by atoms with Gasteiger partial charge in [0.2, 0.25) is 5.13 Å². The summed E-state index contributed by atoms with van der Waals surface area (Å²) in [6.45, 7) is 1.79. The summed E-state index contributed by atoms with van der Waals surface area (Å²) < 4.78 is 36.2. The normalized spacial score (nSPS) is 10.9. The summed E-state index contributed by atoms with van der Waals surface area (Å²) in [6, 6.07) is 5.65. The Kier molecular flexibility index (Phi) is 4.09. The number of ether oxygens (including phenoxy) is 1. The monoisotopic (exact) mass is 372 g/mol. The van der Waals surface area contributed by atoms with Gasteiger partial charge in [0.05, 0.1) is 11.7 Å². The van der Waals surface area contributed by atoms with Crippen molar-refractivity contribution >= 4 is 33.4 Å². The van der Waals surface area contributed by atoms with Crippen molar-refractivity contribution in [2.75, 3.05) is 5.32 Å². The Hall–Kier alpha value is -3.27. The Morgan fingerprint density at radius 1 is 1.12 bits per heavy atom. The number of nitrogens with one attached hydrogen (secondary N) is 1. The fraction of sp³-hybridized carbons (Fsp3) is 0.0625. The number of benzene rings is 1. The molecule has 0 aliphatic heterocycles.